The molecule has 0 radical (unpaired) electrons. The predicted octanol–water partition coefficient (Wildman–Crippen LogP) is 1.96. The van der Waals surface area contributed by atoms with Gasteiger partial charge in [0.25, 0.3) is 5.91 Å². The third kappa shape index (κ3) is 2.40. The van der Waals surface area contributed by atoms with Crippen LogP contribution in [0.3, 0.4) is 0 Å². The molecule has 1 aromatic rings. The Kier molecular flexibility index (Phi) is 3.66. The number of hydrogen-bond acceptors (Lipinski definition) is 3. The van der Waals surface area contributed by atoms with Gasteiger partial charge < -0.3 is 15.4 Å². The number of benzene rings is 1. The summed E-state index contributed by atoms with van der Waals surface area (Å²) in [5, 5.41) is 0. The molecule has 2 unspecified atom stereocenters. The first-order valence-electron chi connectivity index (χ1n) is 7.45. The van der Waals surface area contributed by atoms with Crippen molar-refractivity contribution in [2.45, 2.75) is 44.2 Å². The van der Waals surface area contributed by atoms with Crippen molar-refractivity contribution >= 4 is 5.91 Å². The second-order valence-electron chi connectivity index (χ2n) is 5.85. The zero-order valence-electron chi connectivity index (χ0n) is 12.0. The van der Waals surface area contributed by atoms with E-state index in [1.807, 2.05) is 30.1 Å². The minimum Gasteiger partial charge on any atom is -0.493 e. The molecule has 108 valence electrons. The summed E-state index contributed by atoms with van der Waals surface area (Å²) in [6.45, 7) is 0.719. The van der Waals surface area contributed by atoms with Crippen LogP contribution in [-0.4, -0.2) is 36.5 Å². The van der Waals surface area contributed by atoms with E-state index in [1.165, 1.54) is 6.42 Å². The van der Waals surface area contributed by atoms with Gasteiger partial charge in [-0.05, 0) is 36.6 Å². The van der Waals surface area contributed by atoms with Crippen LogP contribution < -0.4 is 10.5 Å². The lowest BCUT2D eigenvalue weighted by Crippen LogP contribution is -2.50. The Morgan fingerprint density at radius 2 is 2.15 bits per heavy atom. The number of ether oxygens (including phenoxy) is 1. The van der Waals surface area contributed by atoms with Gasteiger partial charge in [-0.3, -0.25) is 4.79 Å². The number of nitrogens with zero attached hydrogens (tertiary/aromatic N) is 1. The molecule has 1 aromatic carbocycles. The van der Waals surface area contributed by atoms with Gasteiger partial charge in [0.05, 0.1) is 6.61 Å². The van der Waals surface area contributed by atoms with E-state index in [0.29, 0.717) is 0 Å². The molecule has 0 aromatic heterocycles. The number of carbonyl (C=O) groups is 1. The van der Waals surface area contributed by atoms with Crippen LogP contribution in [0.25, 0.3) is 0 Å². The zero-order chi connectivity index (χ0) is 14.1. The van der Waals surface area contributed by atoms with Gasteiger partial charge in [-0.25, -0.2) is 0 Å². The molecule has 4 heteroatoms. The standard InChI is InChI=1S/C16H22N2O2/c1-18(14-5-3-2-4-13(14)17)16(19)12-6-7-15-11(10-12)8-9-20-15/h6-7,10,13-14H,2-5,8-9,17H2,1H3. The van der Waals surface area contributed by atoms with Crippen LogP contribution in [-0.2, 0) is 6.42 Å². The van der Waals surface area contributed by atoms with Crippen molar-refractivity contribution in [3.63, 3.8) is 0 Å². The largest absolute Gasteiger partial charge is 0.493 e. The van der Waals surface area contributed by atoms with Gasteiger partial charge in [-0.1, -0.05) is 12.8 Å². The van der Waals surface area contributed by atoms with Gasteiger partial charge in [-0.2, -0.15) is 0 Å². The molecule has 1 amide bonds. The second kappa shape index (κ2) is 5.44. The van der Waals surface area contributed by atoms with Crippen LogP contribution in [0.4, 0.5) is 0 Å². The Labute approximate surface area is 119 Å². The van der Waals surface area contributed by atoms with Crippen LogP contribution in [0, 0.1) is 0 Å². The first-order valence-corrected chi connectivity index (χ1v) is 7.45. The molecule has 2 atom stereocenters. The molecule has 0 saturated heterocycles. The normalized spacial score (nSPS) is 24.9. The highest BCUT2D eigenvalue weighted by Gasteiger charge is 2.29. The van der Waals surface area contributed by atoms with Gasteiger partial charge >= 0.3 is 0 Å². The SMILES string of the molecule is CN(C(=O)c1ccc2c(c1)CCO2)C1CCCCC1N. The van der Waals surface area contributed by atoms with Crippen molar-refractivity contribution in [3.8, 4) is 5.75 Å². The third-order valence-electron chi connectivity index (χ3n) is 4.54. The lowest BCUT2D eigenvalue weighted by molar-refractivity contribution is 0.0672. The van der Waals surface area contributed by atoms with Crippen LogP contribution in [0.15, 0.2) is 18.2 Å². The fourth-order valence-corrected chi connectivity index (χ4v) is 3.29. The number of fused-ring (bicyclic) bond motifs is 1. The summed E-state index contributed by atoms with van der Waals surface area (Å²) in [7, 11) is 1.88. The van der Waals surface area contributed by atoms with E-state index in [4.69, 9.17) is 10.5 Å². The van der Waals surface area contributed by atoms with Crippen LogP contribution in [0.2, 0.25) is 0 Å². The minimum absolute atomic E-state index is 0.0713. The first-order chi connectivity index (χ1) is 9.66. The Morgan fingerprint density at radius 1 is 1.35 bits per heavy atom. The van der Waals surface area contributed by atoms with E-state index < -0.39 is 0 Å². The second-order valence-corrected chi connectivity index (χ2v) is 5.85. The summed E-state index contributed by atoms with van der Waals surface area (Å²) >= 11 is 0. The van der Waals surface area contributed by atoms with Gasteiger partial charge in [0.1, 0.15) is 5.75 Å². The highest BCUT2D eigenvalue weighted by Crippen LogP contribution is 2.27. The molecule has 4 nitrogen and oxygen atoms in total. The molecule has 3 rings (SSSR count). The van der Waals surface area contributed by atoms with Gasteiger partial charge in [-0.15, -0.1) is 0 Å². The third-order valence-corrected chi connectivity index (χ3v) is 4.54. The Bertz CT molecular complexity index is 515. The van der Waals surface area contributed by atoms with Gasteiger partial charge in [0.15, 0.2) is 0 Å². The van der Waals surface area contributed by atoms with Crippen LogP contribution >= 0.6 is 0 Å². The molecular weight excluding hydrogens is 252 g/mol. The Hall–Kier alpha value is -1.55. The summed E-state index contributed by atoms with van der Waals surface area (Å²) in [6, 6.07) is 6.01. The lowest BCUT2D eigenvalue weighted by Gasteiger charge is -2.36. The van der Waals surface area contributed by atoms with Crippen LogP contribution in [0.1, 0.15) is 41.6 Å². The summed E-state index contributed by atoms with van der Waals surface area (Å²) in [4.78, 5) is 14.5. The van der Waals surface area contributed by atoms with E-state index in [-0.39, 0.29) is 18.0 Å². The van der Waals surface area contributed by atoms with E-state index in [9.17, 15) is 4.79 Å². The highest BCUT2D eigenvalue weighted by atomic mass is 16.5. The van der Waals surface area contributed by atoms with E-state index >= 15 is 0 Å². The maximum absolute atomic E-state index is 12.6. The smallest absolute Gasteiger partial charge is 0.253 e. The maximum Gasteiger partial charge on any atom is 0.253 e. The van der Waals surface area contributed by atoms with Crippen molar-refractivity contribution < 1.29 is 9.53 Å². The van der Waals surface area contributed by atoms with Crippen molar-refractivity contribution in [2.24, 2.45) is 5.73 Å². The topological polar surface area (TPSA) is 55.6 Å². The molecule has 1 aliphatic carbocycles. The lowest BCUT2D eigenvalue weighted by atomic mass is 9.89. The average molecular weight is 274 g/mol. The number of likely N-dealkylation sites (N-methyl/N-ethyl adjacent to an activating group) is 1. The molecule has 2 N–H and O–H groups in total. The van der Waals surface area contributed by atoms with Crippen molar-refractivity contribution in [3.05, 3.63) is 29.3 Å². The fraction of sp³-hybridized carbons (Fsp3) is 0.562. The van der Waals surface area contributed by atoms with E-state index in [2.05, 4.69) is 0 Å². The molecular formula is C16H22N2O2. The summed E-state index contributed by atoms with van der Waals surface area (Å²) in [5.41, 5.74) is 8.05. The Morgan fingerprint density at radius 3 is 2.95 bits per heavy atom. The molecule has 1 saturated carbocycles. The molecule has 1 heterocycles. The predicted molar refractivity (Wildman–Crippen MR) is 78.0 cm³/mol. The van der Waals surface area contributed by atoms with E-state index in [0.717, 1.165) is 49.2 Å². The molecule has 1 aliphatic heterocycles. The number of rotatable bonds is 2. The monoisotopic (exact) mass is 274 g/mol. The molecule has 2 aliphatic rings. The van der Waals surface area contributed by atoms with E-state index in [1.54, 1.807) is 0 Å². The number of nitrogens with two attached hydrogens (primary N) is 1. The number of carbonyl (C=O) groups excluding carboxylic acids is 1. The highest BCUT2D eigenvalue weighted by molar-refractivity contribution is 5.94. The number of amides is 1. The maximum atomic E-state index is 12.6. The molecule has 0 spiro atoms. The summed E-state index contributed by atoms with van der Waals surface area (Å²) in [6.07, 6.45) is 5.25. The summed E-state index contributed by atoms with van der Waals surface area (Å²) < 4.78 is 5.48. The molecule has 0 bridgehead atoms. The molecule has 1 fully saturated rings. The van der Waals surface area contributed by atoms with Crippen molar-refractivity contribution in [1.29, 1.82) is 0 Å². The summed E-state index contributed by atoms with van der Waals surface area (Å²) in [5.74, 6) is 0.987. The average Bonchev–Trinajstić information content (AvgIpc) is 2.93. The van der Waals surface area contributed by atoms with Gasteiger partial charge in [0.2, 0.25) is 0 Å². The molecule has 20 heavy (non-hydrogen) atoms. The van der Waals surface area contributed by atoms with Crippen molar-refractivity contribution in [2.75, 3.05) is 13.7 Å². The number of hydrogen-bond donors (Lipinski definition) is 1. The van der Waals surface area contributed by atoms with Gasteiger partial charge in [0, 0.05) is 31.1 Å². The minimum atomic E-state index is 0.0713. The van der Waals surface area contributed by atoms with Crippen molar-refractivity contribution in [1.82, 2.24) is 4.90 Å². The first kappa shape index (κ1) is 13.4. The quantitative estimate of drug-likeness (QED) is 0.897. The Balaban J connectivity index is 1.77. The fourth-order valence-electron chi connectivity index (χ4n) is 3.29. The zero-order valence-corrected chi connectivity index (χ0v) is 12.0. The van der Waals surface area contributed by atoms with Crippen LogP contribution in [0.5, 0.6) is 5.75 Å².